The Morgan fingerprint density at radius 1 is 1.30 bits per heavy atom. The molecule has 0 spiro atoms. The minimum absolute atomic E-state index is 0.0934. The van der Waals surface area contributed by atoms with Crippen LogP contribution < -0.4 is 0 Å². The third-order valence-electron chi connectivity index (χ3n) is 6.88. The monoisotopic (exact) mass is 546 g/mol. The SMILES string of the molecule is Cc1nc(S(C)(=O)=O)c2sc(C3=C(C(=O)O)N4C(=O)[C@H]([C@@H](C)O)[C@H]4C3Cc3ccc([N+](=O)[O-])cc3)cn12. The second-order valence-corrected chi connectivity index (χ2v) is 12.2. The van der Waals surface area contributed by atoms with Crippen molar-refractivity contribution >= 4 is 49.1 Å². The van der Waals surface area contributed by atoms with Gasteiger partial charge in [0.2, 0.25) is 5.91 Å². The van der Waals surface area contributed by atoms with Crippen LogP contribution in [0.1, 0.15) is 23.2 Å². The van der Waals surface area contributed by atoms with Gasteiger partial charge < -0.3 is 15.1 Å². The first-order chi connectivity index (χ1) is 17.3. The number of fused-ring (bicyclic) bond motifs is 2. The Kier molecular flexibility index (Phi) is 5.73. The molecule has 5 rings (SSSR count). The number of hydrogen-bond donors (Lipinski definition) is 2. The first-order valence-corrected chi connectivity index (χ1v) is 13.9. The Bertz CT molecular complexity index is 1620. The van der Waals surface area contributed by atoms with Crippen molar-refractivity contribution in [1.82, 2.24) is 14.3 Å². The second kappa shape index (κ2) is 8.46. The maximum absolute atomic E-state index is 13.0. The predicted octanol–water partition coefficient (Wildman–Crippen LogP) is 1.89. The number of aliphatic carboxylic acids is 1. The number of sulfone groups is 1. The minimum Gasteiger partial charge on any atom is -0.477 e. The number of amides is 1. The van der Waals surface area contributed by atoms with Gasteiger partial charge in [-0.1, -0.05) is 12.1 Å². The number of carbonyl (C=O) groups is 2. The number of nitro benzene ring substituents is 1. The van der Waals surface area contributed by atoms with E-state index in [-0.39, 0.29) is 22.8 Å². The number of rotatable bonds is 7. The van der Waals surface area contributed by atoms with Gasteiger partial charge in [-0.2, -0.15) is 0 Å². The first kappa shape index (κ1) is 25.0. The van der Waals surface area contributed by atoms with Crippen molar-refractivity contribution in [1.29, 1.82) is 0 Å². The van der Waals surface area contributed by atoms with E-state index < -0.39 is 50.6 Å². The van der Waals surface area contributed by atoms with Crippen LogP contribution in [-0.2, 0) is 25.8 Å². The molecule has 2 aliphatic heterocycles. The minimum atomic E-state index is -3.67. The molecular weight excluding hydrogens is 524 g/mol. The van der Waals surface area contributed by atoms with Crippen molar-refractivity contribution in [3.8, 4) is 0 Å². The van der Waals surface area contributed by atoms with Gasteiger partial charge in [0.25, 0.3) is 5.69 Å². The number of carbonyl (C=O) groups excluding carboxylic acids is 1. The van der Waals surface area contributed by atoms with Crippen molar-refractivity contribution in [2.24, 2.45) is 11.8 Å². The number of nitro groups is 1. The molecule has 2 aliphatic rings. The number of non-ortho nitro benzene ring substituents is 1. The molecule has 194 valence electrons. The lowest BCUT2D eigenvalue weighted by Gasteiger charge is -2.47. The van der Waals surface area contributed by atoms with E-state index in [1.54, 1.807) is 29.7 Å². The molecule has 1 amide bonds. The molecule has 2 N–H and O–H groups in total. The van der Waals surface area contributed by atoms with Crippen LogP contribution in [0.25, 0.3) is 10.4 Å². The molecule has 1 unspecified atom stereocenters. The third-order valence-corrected chi connectivity index (χ3v) is 9.12. The number of aryl methyl sites for hydroxylation is 1. The van der Waals surface area contributed by atoms with E-state index in [0.717, 1.165) is 17.6 Å². The van der Waals surface area contributed by atoms with Crippen molar-refractivity contribution in [2.45, 2.75) is 37.4 Å². The van der Waals surface area contributed by atoms with Gasteiger partial charge in [-0.3, -0.25) is 19.3 Å². The number of hydrogen-bond acceptors (Lipinski definition) is 9. The summed E-state index contributed by atoms with van der Waals surface area (Å²) in [6.07, 6.45) is 1.88. The maximum atomic E-state index is 13.0. The Morgan fingerprint density at radius 3 is 2.49 bits per heavy atom. The van der Waals surface area contributed by atoms with Crippen LogP contribution in [0.5, 0.6) is 0 Å². The molecular formula is C23H22N4O8S2. The van der Waals surface area contributed by atoms with E-state index in [9.17, 15) is 38.3 Å². The largest absolute Gasteiger partial charge is 0.477 e. The third kappa shape index (κ3) is 3.83. The highest BCUT2D eigenvalue weighted by atomic mass is 32.2. The van der Waals surface area contributed by atoms with E-state index in [1.165, 1.54) is 24.0 Å². The number of aliphatic hydroxyl groups is 1. The summed E-state index contributed by atoms with van der Waals surface area (Å²) in [4.78, 5) is 42.1. The molecule has 1 fully saturated rings. The number of imidazole rings is 1. The zero-order valence-electron chi connectivity index (χ0n) is 19.9. The molecule has 1 saturated heterocycles. The molecule has 4 atom stereocenters. The van der Waals surface area contributed by atoms with E-state index in [1.807, 2.05) is 0 Å². The number of carboxylic acids is 1. The van der Waals surface area contributed by atoms with Crippen LogP contribution in [-0.4, -0.2) is 68.1 Å². The average molecular weight is 547 g/mol. The van der Waals surface area contributed by atoms with Gasteiger partial charge in [0.05, 0.1) is 27.9 Å². The van der Waals surface area contributed by atoms with Crippen molar-refractivity contribution in [3.63, 3.8) is 0 Å². The van der Waals surface area contributed by atoms with Crippen LogP contribution in [0.15, 0.2) is 41.2 Å². The highest BCUT2D eigenvalue weighted by Gasteiger charge is 2.61. The second-order valence-electron chi connectivity index (χ2n) is 9.27. The number of β-lactam (4-membered cyclic amide) rings is 1. The molecule has 4 heterocycles. The van der Waals surface area contributed by atoms with Crippen LogP contribution in [0, 0.1) is 28.9 Å². The van der Waals surface area contributed by atoms with E-state index in [0.29, 0.717) is 26.7 Å². The zero-order chi connectivity index (χ0) is 27.0. The van der Waals surface area contributed by atoms with E-state index in [4.69, 9.17) is 0 Å². The van der Waals surface area contributed by atoms with Crippen LogP contribution in [0.3, 0.4) is 0 Å². The van der Waals surface area contributed by atoms with Gasteiger partial charge in [-0.25, -0.2) is 18.2 Å². The quantitative estimate of drug-likeness (QED) is 0.255. The van der Waals surface area contributed by atoms with E-state index >= 15 is 0 Å². The fraction of sp³-hybridized carbons (Fsp3) is 0.348. The topological polar surface area (TPSA) is 172 Å². The van der Waals surface area contributed by atoms with E-state index in [2.05, 4.69) is 4.98 Å². The van der Waals surface area contributed by atoms with Gasteiger partial charge in [-0.05, 0) is 25.8 Å². The lowest BCUT2D eigenvalue weighted by Crippen LogP contribution is -2.64. The molecule has 1 aromatic carbocycles. The molecule has 0 bridgehead atoms. The highest BCUT2D eigenvalue weighted by molar-refractivity contribution is 7.91. The van der Waals surface area contributed by atoms with Gasteiger partial charge in [-0.15, -0.1) is 11.3 Å². The normalized spacial score (nSPS) is 22.3. The summed E-state index contributed by atoms with van der Waals surface area (Å²) in [6.45, 7) is 3.11. The highest BCUT2D eigenvalue weighted by Crippen LogP contribution is 2.53. The number of carboxylic acid groups (broad SMARTS) is 1. The summed E-state index contributed by atoms with van der Waals surface area (Å²) in [5, 5.41) is 31.4. The maximum Gasteiger partial charge on any atom is 0.352 e. The Labute approximate surface area is 214 Å². The van der Waals surface area contributed by atoms with Crippen LogP contribution in [0.2, 0.25) is 0 Å². The lowest BCUT2D eigenvalue weighted by molar-refractivity contribution is -0.384. The van der Waals surface area contributed by atoms with Gasteiger partial charge in [0.15, 0.2) is 14.9 Å². The van der Waals surface area contributed by atoms with Crippen LogP contribution in [0.4, 0.5) is 5.69 Å². The Morgan fingerprint density at radius 2 is 1.95 bits per heavy atom. The fourth-order valence-corrected chi connectivity index (χ4v) is 7.73. The summed E-state index contributed by atoms with van der Waals surface area (Å²) in [6, 6.07) is 5.21. The molecule has 14 heteroatoms. The molecule has 0 radical (unpaired) electrons. The lowest BCUT2D eigenvalue weighted by atomic mass is 9.74. The standard InChI is InChI=1S/C23H22N4O8S2/c1-10(28)16-18-14(8-12-4-6-13(7-5-12)27(32)33)17(19(23(30)31)26(18)21(16)29)15-9-25-11(2)24-20(22(25)36-15)37(3,34)35/h4-7,9-10,14,16,18,28H,8H2,1-3H3,(H,30,31)/t10-,14?,16-,18-/m1/s1. The number of thiazole rings is 1. The summed E-state index contributed by atoms with van der Waals surface area (Å²) >= 11 is 1.06. The number of aromatic nitrogens is 2. The molecule has 12 nitrogen and oxygen atoms in total. The summed E-state index contributed by atoms with van der Waals surface area (Å²) < 4.78 is 26.2. The predicted molar refractivity (Wildman–Crippen MR) is 132 cm³/mol. The number of aliphatic hydroxyl groups excluding tert-OH is 1. The Hall–Kier alpha value is -3.62. The molecule has 0 saturated carbocycles. The number of benzene rings is 1. The fourth-order valence-electron chi connectivity index (χ4n) is 5.29. The molecule has 3 aromatic rings. The van der Waals surface area contributed by atoms with Crippen LogP contribution >= 0.6 is 11.3 Å². The average Bonchev–Trinajstić information content (AvgIpc) is 3.43. The van der Waals surface area contributed by atoms with Crippen molar-refractivity contribution < 1.29 is 33.1 Å². The number of nitrogens with zero attached hydrogens (tertiary/aromatic N) is 4. The van der Waals surface area contributed by atoms with Gasteiger partial charge in [0.1, 0.15) is 16.4 Å². The summed E-state index contributed by atoms with van der Waals surface area (Å²) in [5.41, 5.74) is 0.722. The van der Waals surface area contributed by atoms with Gasteiger partial charge in [0, 0.05) is 36.1 Å². The zero-order valence-corrected chi connectivity index (χ0v) is 21.5. The Balaban J connectivity index is 1.69. The smallest absolute Gasteiger partial charge is 0.352 e. The summed E-state index contributed by atoms with van der Waals surface area (Å²) in [5.74, 6) is -2.81. The first-order valence-electron chi connectivity index (χ1n) is 11.2. The van der Waals surface area contributed by atoms with Crippen molar-refractivity contribution in [3.05, 3.63) is 62.5 Å². The molecule has 0 aliphatic carbocycles. The molecule has 37 heavy (non-hydrogen) atoms. The molecule has 2 aromatic heterocycles. The van der Waals surface area contributed by atoms with Gasteiger partial charge >= 0.3 is 5.97 Å². The summed E-state index contributed by atoms with van der Waals surface area (Å²) in [7, 11) is -3.67. The van der Waals surface area contributed by atoms with Crippen molar-refractivity contribution in [2.75, 3.05) is 6.26 Å².